The molecule has 86 valence electrons. The van der Waals surface area contributed by atoms with E-state index in [0.717, 1.165) is 37.9 Å². The summed E-state index contributed by atoms with van der Waals surface area (Å²) in [6.45, 7) is 0.724. The summed E-state index contributed by atoms with van der Waals surface area (Å²) in [6, 6.07) is 10.2. The van der Waals surface area contributed by atoms with Crippen molar-refractivity contribution in [1.29, 1.82) is 5.26 Å². The van der Waals surface area contributed by atoms with Gasteiger partial charge in [-0.25, -0.2) is 0 Å². The Balaban J connectivity index is 1.93. The number of nitriles is 1. The summed E-state index contributed by atoms with van der Waals surface area (Å²) in [5, 5.41) is 9.22. The number of anilines is 1. The van der Waals surface area contributed by atoms with Crippen LogP contribution >= 0.6 is 0 Å². The van der Waals surface area contributed by atoms with Crippen LogP contribution in [-0.2, 0) is 11.2 Å². The van der Waals surface area contributed by atoms with E-state index in [1.165, 1.54) is 5.56 Å². The lowest BCUT2D eigenvalue weighted by atomic mass is 9.69. The van der Waals surface area contributed by atoms with Gasteiger partial charge in [-0.3, -0.25) is 4.79 Å². The summed E-state index contributed by atoms with van der Waals surface area (Å²) in [6.07, 6.45) is 3.35. The van der Waals surface area contributed by atoms with Crippen LogP contribution in [0.2, 0.25) is 0 Å². The van der Waals surface area contributed by atoms with Gasteiger partial charge in [-0.1, -0.05) is 18.2 Å². The van der Waals surface area contributed by atoms with Gasteiger partial charge in [0.15, 0.2) is 0 Å². The van der Waals surface area contributed by atoms with E-state index in [2.05, 4.69) is 12.1 Å². The van der Waals surface area contributed by atoms with E-state index in [9.17, 15) is 10.1 Å². The zero-order valence-electron chi connectivity index (χ0n) is 9.65. The Morgan fingerprint density at radius 3 is 2.76 bits per heavy atom. The second-order valence-corrected chi connectivity index (χ2v) is 4.88. The van der Waals surface area contributed by atoms with Crippen molar-refractivity contribution in [2.45, 2.75) is 25.7 Å². The number of hydrogen-bond donors (Lipinski definition) is 0. The van der Waals surface area contributed by atoms with Gasteiger partial charge in [-0.15, -0.1) is 0 Å². The van der Waals surface area contributed by atoms with E-state index in [1.54, 1.807) is 4.90 Å². The van der Waals surface area contributed by atoms with Gasteiger partial charge in [0.1, 0.15) is 5.41 Å². The number of benzene rings is 1. The second-order valence-electron chi connectivity index (χ2n) is 4.88. The van der Waals surface area contributed by atoms with Gasteiger partial charge >= 0.3 is 0 Å². The molecule has 0 N–H and O–H groups in total. The molecule has 1 aliphatic carbocycles. The molecule has 2 aliphatic rings. The third-order valence-electron chi connectivity index (χ3n) is 3.96. The smallest absolute Gasteiger partial charge is 0.247 e. The maximum absolute atomic E-state index is 12.4. The van der Waals surface area contributed by atoms with Crippen molar-refractivity contribution in [2.24, 2.45) is 5.41 Å². The SMILES string of the molecule is N#CC1(C(=O)N2CCc3ccccc32)CCC1. The van der Waals surface area contributed by atoms with Gasteiger partial charge < -0.3 is 4.90 Å². The third kappa shape index (κ3) is 1.37. The molecule has 3 heteroatoms. The average Bonchev–Trinajstić information content (AvgIpc) is 2.71. The summed E-state index contributed by atoms with van der Waals surface area (Å²) in [4.78, 5) is 14.3. The fourth-order valence-electron chi connectivity index (χ4n) is 2.71. The number of carbonyl (C=O) groups excluding carboxylic acids is 1. The maximum atomic E-state index is 12.4. The van der Waals surface area contributed by atoms with E-state index in [0.29, 0.717) is 0 Å². The van der Waals surface area contributed by atoms with E-state index in [1.807, 2.05) is 18.2 Å². The minimum atomic E-state index is -0.725. The predicted molar refractivity (Wildman–Crippen MR) is 64.4 cm³/mol. The van der Waals surface area contributed by atoms with Crippen molar-refractivity contribution in [3.05, 3.63) is 29.8 Å². The van der Waals surface area contributed by atoms with E-state index < -0.39 is 5.41 Å². The number of amides is 1. The van der Waals surface area contributed by atoms with Crippen LogP contribution in [-0.4, -0.2) is 12.5 Å². The van der Waals surface area contributed by atoms with Crippen LogP contribution < -0.4 is 4.90 Å². The number of rotatable bonds is 1. The number of para-hydroxylation sites is 1. The molecule has 3 rings (SSSR count). The van der Waals surface area contributed by atoms with E-state index in [4.69, 9.17) is 0 Å². The van der Waals surface area contributed by atoms with Crippen LogP contribution in [0.5, 0.6) is 0 Å². The van der Waals surface area contributed by atoms with Gasteiger partial charge in [0.25, 0.3) is 0 Å². The molecular weight excluding hydrogens is 212 g/mol. The molecule has 1 heterocycles. The molecule has 1 aromatic carbocycles. The first-order valence-electron chi connectivity index (χ1n) is 6.08. The van der Waals surface area contributed by atoms with E-state index >= 15 is 0 Å². The molecule has 1 amide bonds. The van der Waals surface area contributed by atoms with E-state index in [-0.39, 0.29) is 5.91 Å². The minimum Gasteiger partial charge on any atom is -0.310 e. The Hall–Kier alpha value is -1.82. The molecular formula is C14H14N2O. The molecule has 0 unspecified atom stereocenters. The molecule has 0 atom stereocenters. The Morgan fingerprint density at radius 2 is 2.12 bits per heavy atom. The van der Waals surface area contributed by atoms with Crippen molar-refractivity contribution in [2.75, 3.05) is 11.4 Å². The van der Waals surface area contributed by atoms with Crippen LogP contribution in [0, 0.1) is 16.7 Å². The lowest BCUT2D eigenvalue weighted by Crippen LogP contribution is -2.46. The normalized spacial score (nSPS) is 20.3. The van der Waals surface area contributed by atoms with Gasteiger partial charge in [0.05, 0.1) is 6.07 Å². The molecule has 1 aliphatic heterocycles. The Kier molecular flexibility index (Phi) is 2.19. The fraction of sp³-hybridized carbons (Fsp3) is 0.429. The molecule has 17 heavy (non-hydrogen) atoms. The summed E-state index contributed by atoms with van der Waals surface area (Å²) >= 11 is 0. The molecule has 1 fully saturated rings. The molecule has 0 saturated heterocycles. The van der Waals surface area contributed by atoms with Gasteiger partial charge in [0, 0.05) is 12.2 Å². The first-order chi connectivity index (χ1) is 8.27. The highest BCUT2D eigenvalue weighted by Crippen LogP contribution is 2.44. The standard InChI is InChI=1S/C14H14N2O/c15-10-14(7-3-8-14)13(17)16-9-6-11-4-1-2-5-12(11)16/h1-2,4-5H,3,6-9H2. The van der Waals surface area contributed by atoms with Gasteiger partial charge in [-0.2, -0.15) is 5.26 Å². The molecule has 0 aromatic heterocycles. The largest absolute Gasteiger partial charge is 0.310 e. The Labute approximate surface area is 101 Å². The highest BCUT2D eigenvalue weighted by atomic mass is 16.2. The highest BCUT2D eigenvalue weighted by molar-refractivity contribution is 6.01. The molecule has 0 bridgehead atoms. The fourth-order valence-corrected chi connectivity index (χ4v) is 2.71. The molecule has 1 saturated carbocycles. The lowest BCUT2D eigenvalue weighted by molar-refractivity contribution is -0.128. The Bertz CT molecular complexity index is 511. The first kappa shape index (κ1) is 10.3. The third-order valence-corrected chi connectivity index (χ3v) is 3.96. The van der Waals surface area contributed by atoms with Crippen LogP contribution in [0.25, 0.3) is 0 Å². The predicted octanol–water partition coefficient (Wildman–Crippen LogP) is 2.27. The van der Waals surface area contributed by atoms with Crippen molar-refractivity contribution in [3.8, 4) is 6.07 Å². The zero-order chi connectivity index (χ0) is 11.9. The minimum absolute atomic E-state index is 0.0104. The quantitative estimate of drug-likeness (QED) is 0.737. The van der Waals surface area contributed by atoms with Crippen LogP contribution in [0.1, 0.15) is 24.8 Å². The number of nitrogens with zero attached hydrogens (tertiary/aromatic N) is 2. The number of fused-ring (bicyclic) bond motifs is 1. The summed E-state index contributed by atoms with van der Waals surface area (Å²) in [5.74, 6) is 0.0104. The van der Waals surface area contributed by atoms with Crippen molar-refractivity contribution in [3.63, 3.8) is 0 Å². The molecule has 0 radical (unpaired) electrons. The summed E-state index contributed by atoms with van der Waals surface area (Å²) in [7, 11) is 0. The Morgan fingerprint density at radius 1 is 1.35 bits per heavy atom. The molecule has 3 nitrogen and oxygen atoms in total. The number of carbonyl (C=O) groups is 1. The van der Waals surface area contributed by atoms with Gasteiger partial charge in [-0.05, 0) is 37.3 Å². The van der Waals surface area contributed by atoms with Crippen molar-refractivity contribution >= 4 is 11.6 Å². The van der Waals surface area contributed by atoms with Crippen LogP contribution in [0.15, 0.2) is 24.3 Å². The average molecular weight is 226 g/mol. The highest BCUT2D eigenvalue weighted by Gasteiger charge is 2.48. The lowest BCUT2D eigenvalue weighted by Gasteiger charge is -2.36. The summed E-state index contributed by atoms with van der Waals surface area (Å²) < 4.78 is 0. The molecule has 0 spiro atoms. The second kappa shape index (κ2) is 3.59. The zero-order valence-corrected chi connectivity index (χ0v) is 9.65. The topological polar surface area (TPSA) is 44.1 Å². The molecule has 1 aromatic rings. The monoisotopic (exact) mass is 226 g/mol. The van der Waals surface area contributed by atoms with Crippen molar-refractivity contribution in [1.82, 2.24) is 0 Å². The first-order valence-corrected chi connectivity index (χ1v) is 6.08. The van der Waals surface area contributed by atoms with Crippen LogP contribution in [0.4, 0.5) is 5.69 Å². The van der Waals surface area contributed by atoms with Crippen LogP contribution in [0.3, 0.4) is 0 Å². The maximum Gasteiger partial charge on any atom is 0.247 e. The van der Waals surface area contributed by atoms with Gasteiger partial charge in [0.2, 0.25) is 5.91 Å². The van der Waals surface area contributed by atoms with Crippen molar-refractivity contribution < 1.29 is 4.79 Å². The summed E-state index contributed by atoms with van der Waals surface area (Å²) in [5.41, 5.74) is 1.49. The number of hydrogen-bond acceptors (Lipinski definition) is 2.